The van der Waals surface area contributed by atoms with Crippen LogP contribution in [0.15, 0.2) is 36.4 Å². The first-order valence-corrected chi connectivity index (χ1v) is 9.02. The molecule has 0 aromatic heterocycles. The topological polar surface area (TPSA) is 64.6 Å². The van der Waals surface area contributed by atoms with Gasteiger partial charge in [-0.25, -0.2) is 13.6 Å². The Kier molecular flexibility index (Phi) is 6.14. The highest BCUT2D eigenvalue weighted by atomic mass is 35.5. The van der Waals surface area contributed by atoms with Gasteiger partial charge in [-0.3, -0.25) is 4.79 Å². The van der Waals surface area contributed by atoms with Gasteiger partial charge in [0.15, 0.2) is 18.2 Å². The maximum Gasteiger partial charge on any atom is 0.340 e. The molecule has 8 heteroatoms. The average molecular weight is 410 g/mol. The van der Waals surface area contributed by atoms with Gasteiger partial charge < -0.3 is 14.8 Å². The number of halogens is 3. The molecule has 28 heavy (non-hydrogen) atoms. The van der Waals surface area contributed by atoms with E-state index in [9.17, 15) is 18.4 Å². The predicted molar refractivity (Wildman–Crippen MR) is 98.3 cm³/mol. The summed E-state index contributed by atoms with van der Waals surface area (Å²) in [5.41, 5.74) is 0.578. The molecule has 0 radical (unpaired) electrons. The third-order valence-corrected chi connectivity index (χ3v) is 4.76. The lowest BCUT2D eigenvalue weighted by atomic mass is 10.0. The van der Waals surface area contributed by atoms with E-state index in [1.54, 1.807) is 7.11 Å². The summed E-state index contributed by atoms with van der Waals surface area (Å²) in [5.74, 6) is -2.89. The van der Waals surface area contributed by atoms with Crippen LogP contribution < -0.4 is 10.1 Å². The van der Waals surface area contributed by atoms with E-state index < -0.39 is 30.1 Å². The molecular formula is C20H18ClF2NO4. The fourth-order valence-corrected chi connectivity index (χ4v) is 3.04. The molecule has 0 saturated heterocycles. The summed E-state index contributed by atoms with van der Waals surface area (Å²) in [6.45, 7) is -0.562. The highest BCUT2D eigenvalue weighted by Gasteiger charge is 2.33. The van der Waals surface area contributed by atoms with Crippen LogP contribution in [0.3, 0.4) is 0 Å². The molecule has 5 nitrogen and oxygen atoms in total. The van der Waals surface area contributed by atoms with Crippen LogP contribution in [-0.2, 0) is 9.53 Å². The zero-order chi connectivity index (χ0) is 20.3. The van der Waals surface area contributed by atoms with Gasteiger partial charge in [0.25, 0.3) is 5.91 Å². The molecule has 1 atom stereocenters. The molecule has 1 fully saturated rings. The van der Waals surface area contributed by atoms with Gasteiger partial charge in [-0.1, -0.05) is 23.7 Å². The molecule has 2 aromatic carbocycles. The second-order valence-corrected chi connectivity index (χ2v) is 6.89. The number of methoxy groups -OCH3 is 1. The third kappa shape index (κ3) is 4.78. The van der Waals surface area contributed by atoms with Crippen molar-refractivity contribution in [2.45, 2.75) is 18.9 Å². The largest absolute Gasteiger partial charge is 0.497 e. The van der Waals surface area contributed by atoms with Crippen molar-refractivity contribution in [1.29, 1.82) is 0 Å². The standard InChI is InChI=1S/C20H18ClF2NO4/c1-27-13-6-4-12(5-7-13)19(11-2-3-11)24-18(25)10-28-20(26)14-8-16(22)17(23)9-15(14)21/h4-9,11,19H,2-3,10H2,1H3,(H,24,25). The lowest BCUT2D eigenvalue weighted by molar-refractivity contribution is -0.125. The summed E-state index contributed by atoms with van der Waals surface area (Å²) in [6.07, 6.45) is 1.97. The van der Waals surface area contributed by atoms with Crippen molar-refractivity contribution in [1.82, 2.24) is 5.32 Å². The lowest BCUT2D eigenvalue weighted by Gasteiger charge is -2.19. The summed E-state index contributed by atoms with van der Waals surface area (Å²) in [4.78, 5) is 24.3. The molecule has 0 spiro atoms. The summed E-state index contributed by atoms with van der Waals surface area (Å²) in [5, 5.41) is 2.56. The molecule has 0 aliphatic heterocycles. The van der Waals surface area contributed by atoms with E-state index in [2.05, 4.69) is 5.32 Å². The zero-order valence-corrected chi connectivity index (χ0v) is 15.8. The lowest BCUT2D eigenvalue weighted by Crippen LogP contribution is -2.33. The molecule has 1 amide bonds. The Morgan fingerprint density at radius 3 is 2.43 bits per heavy atom. The average Bonchev–Trinajstić information content (AvgIpc) is 3.52. The van der Waals surface area contributed by atoms with Crippen molar-refractivity contribution in [2.24, 2.45) is 5.92 Å². The van der Waals surface area contributed by atoms with Gasteiger partial charge in [-0.2, -0.15) is 0 Å². The van der Waals surface area contributed by atoms with Gasteiger partial charge in [-0.05, 0) is 48.6 Å². The van der Waals surface area contributed by atoms with Gasteiger partial charge >= 0.3 is 5.97 Å². The minimum atomic E-state index is -1.23. The Morgan fingerprint density at radius 1 is 1.18 bits per heavy atom. The van der Waals surface area contributed by atoms with Crippen molar-refractivity contribution in [3.63, 3.8) is 0 Å². The SMILES string of the molecule is COc1ccc(C(NC(=O)COC(=O)c2cc(F)c(F)cc2Cl)C2CC2)cc1. The first-order chi connectivity index (χ1) is 13.4. The fraction of sp³-hybridized carbons (Fsp3) is 0.300. The summed E-state index contributed by atoms with van der Waals surface area (Å²) in [7, 11) is 1.57. The van der Waals surface area contributed by atoms with E-state index >= 15 is 0 Å². The number of esters is 1. The maximum atomic E-state index is 13.3. The van der Waals surface area contributed by atoms with Crippen molar-refractivity contribution < 1.29 is 27.8 Å². The van der Waals surface area contributed by atoms with Gasteiger partial charge in [0, 0.05) is 0 Å². The van der Waals surface area contributed by atoms with Crippen LogP contribution in [0.1, 0.15) is 34.8 Å². The molecule has 1 saturated carbocycles. The Hall–Kier alpha value is -2.67. The molecule has 0 bridgehead atoms. The Morgan fingerprint density at radius 2 is 1.82 bits per heavy atom. The van der Waals surface area contributed by atoms with Crippen LogP contribution in [-0.4, -0.2) is 25.6 Å². The fourth-order valence-electron chi connectivity index (χ4n) is 2.82. The normalized spacial score (nSPS) is 14.3. The summed E-state index contributed by atoms with van der Waals surface area (Å²) in [6, 6.07) is 8.47. The molecule has 0 heterocycles. The van der Waals surface area contributed by atoms with E-state index in [0.717, 1.165) is 18.4 Å². The minimum Gasteiger partial charge on any atom is -0.497 e. The molecule has 1 aliphatic rings. The van der Waals surface area contributed by atoms with E-state index in [0.29, 0.717) is 23.8 Å². The van der Waals surface area contributed by atoms with E-state index in [1.165, 1.54) is 0 Å². The third-order valence-electron chi connectivity index (χ3n) is 4.45. The van der Waals surface area contributed by atoms with Gasteiger partial charge in [-0.15, -0.1) is 0 Å². The molecule has 148 valence electrons. The highest BCUT2D eigenvalue weighted by molar-refractivity contribution is 6.33. The zero-order valence-electron chi connectivity index (χ0n) is 15.0. The second kappa shape index (κ2) is 8.56. The molecule has 2 aromatic rings. The number of nitrogens with one attached hydrogen (secondary N) is 1. The molecular weight excluding hydrogens is 392 g/mol. The van der Waals surface area contributed by atoms with Gasteiger partial charge in [0.05, 0.1) is 23.7 Å². The van der Waals surface area contributed by atoms with E-state index in [-0.39, 0.29) is 16.6 Å². The number of hydrogen-bond donors (Lipinski definition) is 1. The second-order valence-electron chi connectivity index (χ2n) is 6.48. The molecule has 1 unspecified atom stereocenters. The number of ether oxygens (including phenoxy) is 2. The first kappa shape index (κ1) is 20.1. The Labute approximate surface area is 165 Å². The van der Waals surface area contributed by atoms with Crippen LogP contribution in [0.25, 0.3) is 0 Å². The van der Waals surface area contributed by atoms with Crippen LogP contribution in [0, 0.1) is 17.6 Å². The minimum absolute atomic E-state index is 0.205. The number of carbonyl (C=O) groups excluding carboxylic acids is 2. The molecule has 1 aliphatic carbocycles. The summed E-state index contributed by atoms with van der Waals surface area (Å²) >= 11 is 5.73. The number of rotatable bonds is 7. The number of amides is 1. The Balaban J connectivity index is 1.60. The first-order valence-electron chi connectivity index (χ1n) is 8.64. The van der Waals surface area contributed by atoms with Crippen LogP contribution in [0.5, 0.6) is 5.75 Å². The maximum absolute atomic E-state index is 13.3. The van der Waals surface area contributed by atoms with Crippen molar-refractivity contribution in [3.8, 4) is 5.75 Å². The van der Waals surface area contributed by atoms with E-state index in [1.807, 2.05) is 24.3 Å². The number of carbonyl (C=O) groups is 2. The molecule has 1 N–H and O–H groups in total. The quantitative estimate of drug-likeness (QED) is 0.553. The van der Waals surface area contributed by atoms with Crippen LogP contribution in [0.2, 0.25) is 5.02 Å². The Bertz CT molecular complexity index is 885. The van der Waals surface area contributed by atoms with Gasteiger partial charge in [0.1, 0.15) is 5.75 Å². The van der Waals surface area contributed by atoms with Crippen molar-refractivity contribution in [3.05, 3.63) is 64.2 Å². The number of hydrogen-bond acceptors (Lipinski definition) is 4. The van der Waals surface area contributed by atoms with Crippen LogP contribution in [0.4, 0.5) is 8.78 Å². The van der Waals surface area contributed by atoms with Gasteiger partial charge in [0.2, 0.25) is 0 Å². The van der Waals surface area contributed by atoms with Crippen molar-refractivity contribution in [2.75, 3.05) is 13.7 Å². The predicted octanol–water partition coefficient (Wildman–Crippen LogP) is 4.05. The summed E-state index contributed by atoms with van der Waals surface area (Å²) < 4.78 is 36.4. The monoisotopic (exact) mass is 409 g/mol. The van der Waals surface area contributed by atoms with Crippen molar-refractivity contribution >= 4 is 23.5 Å². The highest BCUT2D eigenvalue weighted by Crippen LogP contribution is 2.41. The number of benzene rings is 2. The van der Waals surface area contributed by atoms with E-state index in [4.69, 9.17) is 21.1 Å². The van der Waals surface area contributed by atoms with Crippen LogP contribution >= 0.6 is 11.6 Å². The smallest absolute Gasteiger partial charge is 0.340 e. The molecule has 3 rings (SSSR count).